The zero-order valence-corrected chi connectivity index (χ0v) is 10.1. The zero-order valence-electron chi connectivity index (χ0n) is 10.1. The van der Waals surface area contributed by atoms with Gasteiger partial charge in [-0.1, -0.05) is 0 Å². The van der Waals surface area contributed by atoms with Gasteiger partial charge in [0.1, 0.15) is 5.82 Å². The fraction of sp³-hybridized carbons (Fsp3) is 0.154. The molecule has 19 heavy (non-hydrogen) atoms. The van der Waals surface area contributed by atoms with E-state index < -0.39 is 11.8 Å². The van der Waals surface area contributed by atoms with Crippen LogP contribution in [-0.4, -0.2) is 20.9 Å². The summed E-state index contributed by atoms with van der Waals surface area (Å²) in [5.41, 5.74) is 0.331. The highest BCUT2D eigenvalue weighted by Gasteiger charge is 2.10. The van der Waals surface area contributed by atoms with Gasteiger partial charge in [-0.2, -0.15) is 5.10 Å². The summed E-state index contributed by atoms with van der Waals surface area (Å²) in [4.78, 5) is 22.4. The molecule has 0 saturated heterocycles. The Balaban J connectivity index is 2.43. The average molecular weight is 262 g/mol. The van der Waals surface area contributed by atoms with E-state index in [0.717, 1.165) is 10.7 Å². The van der Waals surface area contributed by atoms with Crippen molar-refractivity contribution in [2.24, 2.45) is 0 Å². The van der Waals surface area contributed by atoms with Crippen molar-refractivity contribution >= 4 is 5.97 Å². The third kappa shape index (κ3) is 2.85. The van der Waals surface area contributed by atoms with Crippen molar-refractivity contribution in [3.8, 4) is 0 Å². The molecule has 0 radical (unpaired) electrons. The largest absolute Gasteiger partial charge is 0.478 e. The van der Waals surface area contributed by atoms with Gasteiger partial charge < -0.3 is 5.11 Å². The number of nitrogens with zero attached hydrogens (tertiary/aromatic N) is 2. The van der Waals surface area contributed by atoms with Gasteiger partial charge in [-0.25, -0.2) is 13.9 Å². The highest BCUT2D eigenvalue weighted by Crippen LogP contribution is 2.11. The third-order valence-corrected chi connectivity index (χ3v) is 2.61. The highest BCUT2D eigenvalue weighted by atomic mass is 19.1. The molecule has 5 nitrogen and oxygen atoms in total. The summed E-state index contributed by atoms with van der Waals surface area (Å²) >= 11 is 0. The van der Waals surface area contributed by atoms with E-state index in [1.165, 1.54) is 18.2 Å². The molecule has 1 aromatic carbocycles. The summed E-state index contributed by atoms with van der Waals surface area (Å²) < 4.78 is 14.7. The first-order valence-electron chi connectivity index (χ1n) is 5.54. The Morgan fingerprint density at radius 1 is 1.37 bits per heavy atom. The predicted molar refractivity (Wildman–Crippen MR) is 65.7 cm³/mol. The average Bonchev–Trinajstić information content (AvgIpc) is 2.36. The van der Waals surface area contributed by atoms with Crippen molar-refractivity contribution in [3.05, 3.63) is 63.3 Å². The monoisotopic (exact) mass is 262 g/mol. The van der Waals surface area contributed by atoms with Crippen LogP contribution in [0.3, 0.4) is 0 Å². The van der Waals surface area contributed by atoms with E-state index in [9.17, 15) is 14.0 Å². The number of hydrogen-bond donors (Lipinski definition) is 1. The predicted octanol–water partition coefficient (Wildman–Crippen LogP) is 1.44. The Bertz CT molecular complexity index is 695. The second-order valence-corrected chi connectivity index (χ2v) is 4.08. The van der Waals surface area contributed by atoms with Crippen LogP contribution < -0.4 is 5.56 Å². The second-order valence-electron chi connectivity index (χ2n) is 4.08. The first kappa shape index (κ1) is 12.9. The molecule has 98 valence electrons. The lowest BCUT2D eigenvalue weighted by atomic mass is 10.1. The van der Waals surface area contributed by atoms with E-state index in [2.05, 4.69) is 5.10 Å². The SMILES string of the molecule is Cc1ccc(=O)n(Cc2cc(C(=O)O)ccc2F)n1. The number of benzene rings is 1. The number of aryl methyl sites for hydroxylation is 1. The number of hydrogen-bond acceptors (Lipinski definition) is 3. The third-order valence-electron chi connectivity index (χ3n) is 2.61. The molecule has 0 aliphatic heterocycles. The number of rotatable bonds is 3. The quantitative estimate of drug-likeness (QED) is 0.908. The minimum Gasteiger partial charge on any atom is -0.478 e. The molecule has 1 heterocycles. The maximum absolute atomic E-state index is 13.6. The van der Waals surface area contributed by atoms with Crippen LogP contribution in [0.2, 0.25) is 0 Å². The number of aromatic carboxylic acids is 1. The van der Waals surface area contributed by atoms with Crippen LogP contribution in [-0.2, 0) is 6.54 Å². The van der Waals surface area contributed by atoms with Gasteiger partial charge in [0.15, 0.2) is 0 Å². The zero-order chi connectivity index (χ0) is 14.0. The molecule has 2 aromatic rings. The first-order valence-corrected chi connectivity index (χ1v) is 5.54. The summed E-state index contributed by atoms with van der Waals surface area (Å²) in [5, 5.41) is 12.8. The first-order chi connectivity index (χ1) is 8.97. The number of carboxylic acids is 1. The van der Waals surface area contributed by atoms with Gasteiger partial charge in [0, 0.05) is 11.6 Å². The van der Waals surface area contributed by atoms with Gasteiger partial charge in [-0.05, 0) is 31.2 Å². The van der Waals surface area contributed by atoms with Gasteiger partial charge in [0.2, 0.25) is 0 Å². The summed E-state index contributed by atoms with van der Waals surface area (Å²) in [6.45, 7) is 1.60. The number of halogens is 1. The number of aromatic nitrogens is 2. The van der Waals surface area contributed by atoms with Gasteiger partial charge in [-0.3, -0.25) is 4.79 Å². The minimum absolute atomic E-state index is 0.0305. The van der Waals surface area contributed by atoms with Crippen molar-refractivity contribution in [1.82, 2.24) is 9.78 Å². The van der Waals surface area contributed by atoms with Gasteiger partial charge in [0.05, 0.1) is 17.8 Å². The summed E-state index contributed by atoms with van der Waals surface area (Å²) in [6, 6.07) is 6.34. The van der Waals surface area contributed by atoms with Gasteiger partial charge in [0.25, 0.3) is 5.56 Å². The molecule has 2 rings (SSSR count). The number of carboxylic acid groups (broad SMARTS) is 1. The van der Waals surface area contributed by atoms with Crippen LogP contribution in [0.5, 0.6) is 0 Å². The van der Waals surface area contributed by atoms with E-state index in [1.807, 2.05) is 0 Å². The van der Waals surface area contributed by atoms with E-state index in [0.29, 0.717) is 5.69 Å². The standard InChI is InChI=1S/C13H11FN2O3/c1-8-2-5-12(17)16(15-8)7-10-6-9(13(18)19)3-4-11(10)14/h2-6H,7H2,1H3,(H,18,19). The smallest absolute Gasteiger partial charge is 0.335 e. The van der Waals surface area contributed by atoms with Crippen molar-refractivity contribution in [2.75, 3.05) is 0 Å². The highest BCUT2D eigenvalue weighted by molar-refractivity contribution is 5.87. The summed E-state index contributed by atoms with van der Waals surface area (Å²) in [5.74, 6) is -1.72. The Morgan fingerprint density at radius 3 is 2.79 bits per heavy atom. The number of carbonyl (C=O) groups is 1. The van der Waals surface area contributed by atoms with E-state index in [4.69, 9.17) is 5.11 Å². The Kier molecular flexibility index (Phi) is 3.41. The second kappa shape index (κ2) is 5.01. The fourth-order valence-electron chi connectivity index (χ4n) is 1.65. The van der Waals surface area contributed by atoms with Crippen molar-refractivity contribution in [1.29, 1.82) is 0 Å². The van der Waals surface area contributed by atoms with E-state index in [1.54, 1.807) is 13.0 Å². The molecule has 0 fully saturated rings. The van der Waals surface area contributed by atoms with Crippen LogP contribution in [0.1, 0.15) is 21.6 Å². The Hall–Kier alpha value is -2.50. The van der Waals surface area contributed by atoms with Crippen LogP contribution in [0.15, 0.2) is 35.1 Å². The minimum atomic E-state index is -1.15. The summed E-state index contributed by atoms with van der Waals surface area (Å²) in [7, 11) is 0. The summed E-state index contributed by atoms with van der Waals surface area (Å²) in [6.07, 6.45) is 0. The van der Waals surface area contributed by atoms with Crippen LogP contribution in [0.4, 0.5) is 4.39 Å². The Morgan fingerprint density at radius 2 is 2.11 bits per heavy atom. The van der Waals surface area contributed by atoms with Gasteiger partial charge >= 0.3 is 5.97 Å². The van der Waals surface area contributed by atoms with Crippen LogP contribution in [0, 0.1) is 12.7 Å². The van der Waals surface area contributed by atoms with Crippen molar-refractivity contribution in [3.63, 3.8) is 0 Å². The lowest BCUT2D eigenvalue weighted by molar-refractivity contribution is 0.0696. The fourth-order valence-corrected chi connectivity index (χ4v) is 1.65. The van der Waals surface area contributed by atoms with Gasteiger partial charge in [-0.15, -0.1) is 0 Å². The van der Waals surface area contributed by atoms with Crippen molar-refractivity contribution in [2.45, 2.75) is 13.5 Å². The topological polar surface area (TPSA) is 72.2 Å². The molecule has 0 aliphatic rings. The molecule has 1 N–H and O–H groups in total. The van der Waals surface area contributed by atoms with Crippen LogP contribution >= 0.6 is 0 Å². The lowest BCUT2D eigenvalue weighted by Gasteiger charge is -2.07. The molecule has 0 spiro atoms. The lowest BCUT2D eigenvalue weighted by Crippen LogP contribution is -2.23. The maximum atomic E-state index is 13.6. The molecule has 0 amide bonds. The molecule has 0 atom stereocenters. The molecule has 1 aromatic heterocycles. The molecular weight excluding hydrogens is 251 g/mol. The molecule has 6 heteroatoms. The normalized spacial score (nSPS) is 10.4. The molecular formula is C13H11FN2O3. The van der Waals surface area contributed by atoms with Crippen molar-refractivity contribution < 1.29 is 14.3 Å². The molecule has 0 bridgehead atoms. The van der Waals surface area contributed by atoms with E-state index >= 15 is 0 Å². The van der Waals surface area contributed by atoms with Crippen LogP contribution in [0.25, 0.3) is 0 Å². The Labute approximate surface area is 107 Å². The molecule has 0 aliphatic carbocycles. The van der Waals surface area contributed by atoms with E-state index in [-0.39, 0.29) is 23.2 Å². The molecule has 0 unspecified atom stereocenters. The maximum Gasteiger partial charge on any atom is 0.335 e. The molecule has 0 saturated carbocycles.